The van der Waals surface area contributed by atoms with Crippen LogP contribution in [0, 0.1) is 0 Å². The zero-order valence-corrected chi connectivity index (χ0v) is 9.00. The molecule has 0 saturated carbocycles. The van der Waals surface area contributed by atoms with Crippen LogP contribution in [0.15, 0.2) is 18.2 Å². The SMILES string of the molecule is O=C(O)N1CCc2c(CCl)cccc2C1. The number of hydrogen-bond acceptors (Lipinski definition) is 1. The van der Waals surface area contributed by atoms with E-state index in [4.69, 9.17) is 16.7 Å². The smallest absolute Gasteiger partial charge is 0.407 e. The molecule has 4 heteroatoms. The number of fused-ring (bicyclic) bond motifs is 1. The summed E-state index contributed by atoms with van der Waals surface area (Å²) in [5.74, 6) is 0.496. The molecular formula is C11H12ClNO2. The third kappa shape index (κ3) is 1.92. The van der Waals surface area contributed by atoms with E-state index in [9.17, 15) is 4.79 Å². The van der Waals surface area contributed by atoms with Gasteiger partial charge in [-0.05, 0) is 23.1 Å². The van der Waals surface area contributed by atoms with Crippen LogP contribution in [0.4, 0.5) is 4.79 Å². The Bertz CT molecular complexity index is 392. The lowest BCUT2D eigenvalue weighted by Gasteiger charge is -2.27. The molecule has 1 aromatic rings. The van der Waals surface area contributed by atoms with Gasteiger partial charge in [0.15, 0.2) is 0 Å². The van der Waals surface area contributed by atoms with E-state index in [0.717, 1.165) is 17.5 Å². The fraction of sp³-hybridized carbons (Fsp3) is 0.364. The number of carboxylic acid groups (broad SMARTS) is 1. The lowest BCUT2D eigenvalue weighted by Crippen LogP contribution is -2.35. The van der Waals surface area contributed by atoms with Crippen LogP contribution in [0.3, 0.4) is 0 Å². The van der Waals surface area contributed by atoms with Crippen LogP contribution >= 0.6 is 11.6 Å². The second-order valence-electron chi connectivity index (χ2n) is 3.64. The number of benzene rings is 1. The highest BCUT2D eigenvalue weighted by molar-refractivity contribution is 6.17. The van der Waals surface area contributed by atoms with Crippen molar-refractivity contribution in [3.8, 4) is 0 Å². The number of amides is 1. The van der Waals surface area contributed by atoms with E-state index in [-0.39, 0.29) is 0 Å². The van der Waals surface area contributed by atoms with Gasteiger partial charge in [0.05, 0.1) is 0 Å². The fourth-order valence-electron chi connectivity index (χ4n) is 1.98. The van der Waals surface area contributed by atoms with Crippen LogP contribution in [0.25, 0.3) is 0 Å². The van der Waals surface area contributed by atoms with Crippen LogP contribution in [-0.2, 0) is 18.8 Å². The van der Waals surface area contributed by atoms with Crippen molar-refractivity contribution in [3.05, 3.63) is 34.9 Å². The predicted octanol–water partition coefficient (Wildman–Crippen LogP) is 2.46. The predicted molar refractivity (Wildman–Crippen MR) is 58.1 cm³/mol. The Hall–Kier alpha value is -1.22. The van der Waals surface area contributed by atoms with Crippen molar-refractivity contribution in [2.24, 2.45) is 0 Å². The van der Waals surface area contributed by atoms with Gasteiger partial charge in [0, 0.05) is 19.0 Å². The molecule has 1 N–H and O–H groups in total. The molecule has 1 aliphatic heterocycles. The van der Waals surface area contributed by atoms with Gasteiger partial charge in [0.2, 0.25) is 0 Å². The average molecular weight is 226 g/mol. The van der Waals surface area contributed by atoms with Gasteiger partial charge in [0.1, 0.15) is 0 Å². The van der Waals surface area contributed by atoms with E-state index in [1.165, 1.54) is 10.5 Å². The summed E-state index contributed by atoms with van der Waals surface area (Å²) in [6.45, 7) is 1.05. The first kappa shape index (κ1) is 10.3. The summed E-state index contributed by atoms with van der Waals surface area (Å²) in [6, 6.07) is 5.91. The van der Waals surface area contributed by atoms with Gasteiger partial charge in [0.25, 0.3) is 0 Å². The van der Waals surface area contributed by atoms with Crippen molar-refractivity contribution in [1.82, 2.24) is 4.90 Å². The van der Waals surface area contributed by atoms with Crippen LogP contribution in [0.1, 0.15) is 16.7 Å². The molecular weight excluding hydrogens is 214 g/mol. The van der Waals surface area contributed by atoms with E-state index in [0.29, 0.717) is 19.0 Å². The van der Waals surface area contributed by atoms with Crippen LogP contribution in [0.2, 0.25) is 0 Å². The van der Waals surface area contributed by atoms with Crippen molar-refractivity contribution >= 4 is 17.7 Å². The average Bonchev–Trinajstić information content (AvgIpc) is 2.27. The lowest BCUT2D eigenvalue weighted by atomic mass is 9.95. The molecule has 3 nitrogen and oxygen atoms in total. The Kier molecular flexibility index (Phi) is 2.82. The van der Waals surface area contributed by atoms with Crippen molar-refractivity contribution in [2.45, 2.75) is 18.8 Å². The Morgan fingerprint density at radius 2 is 2.33 bits per heavy atom. The molecule has 0 radical (unpaired) electrons. The molecule has 1 heterocycles. The molecule has 0 atom stereocenters. The van der Waals surface area contributed by atoms with Gasteiger partial charge in [-0.2, -0.15) is 0 Å². The van der Waals surface area contributed by atoms with Crippen LogP contribution in [-0.4, -0.2) is 22.6 Å². The normalized spacial score (nSPS) is 14.9. The van der Waals surface area contributed by atoms with Crippen molar-refractivity contribution in [2.75, 3.05) is 6.54 Å². The number of carbonyl (C=O) groups is 1. The third-order valence-electron chi connectivity index (χ3n) is 2.78. The molecule has 80 valence electrons. The van der Waals surface area contributed by atoms with Crippen LogP contribution < -0.4 is 0 Å². The number of alkyl halides is 1. The van der Waals surface area contributed by atoms with E-state index in [2.05, 4.69) is 0 Å². The summed E-state index contributed by atoms with van der Waals surface area (Å²) in [5.41, 5.74) is 3.44. The topological polar surface area (TPSA) is 40.5 Å². The maximum atomic E-state index is 10.8. The molecule has 0 saturated heterocycles. The molecule has 15 heavy (non-hydrogen) atoms. The molecule has 0 bridgehead atoms. The minimum atomic E-state index is -0.850. The number of halogens is 1. The second-order valence-corrected chi connectivity index (χ2v) is 3.91. The Balaban J connectivity index is 2.31. The highest BCUT2D eigenvalue weighted by Crippen LogP contribution is 2.23. The maximum absolute atomic E-state index is 10.8. The highest BCUT2D eigenvalue weighted by Gasteiger charge is 2.21. The molecule has 2 rings (SSSR count). The minimum Gasteiger partial charge on any atom is -0.465 e. The fourth-order valence-corrected chi connectivity index (χ4v) is 2.23. The zero-order valence-electron chi connectivity index (χ0n) is 8.24. The summed E-state index contributed by atoms with van der Waals surface area (Å²) in [5, 5.41) is 8.89. The summed E-state index contributed by atoms with van der Waals surface area (Å²) < 4.78 is 0. The molecule has 0 aliphatic carbocycles. The van der Waals surface area contributed by atoms with Gasteiger partial charge in [-0.3, -0.25) is 0 Å². The monoisotopic (exact) mass is 225 g/mol. The lowest BCUT2D eigenvalue weighted by molar-refractivity contribution is 0.140. The summed E-state index contributed by atoms with van der Waals surface area (Å²) in [6.07, 6.45) is -0.0817. The molecule has 0 fully saturated rings. The Morgan fingerprint density at radius 3 is 3.00 bits per heavy atom. The summed E-state index contributed by atoms with van der Waals surface area (Å²) in [7, 11) is 0. The van der Waals surface area contributed by atoms with E-state index < -0.39 is 6.09 Å². The largest absolute Gasteiger partial charge is 0.465 e. The van der Waals surface area contributed by atoms with Gasteiger partial charge < -0.3 is 10.0 Å². The highest BCUT2D eigenvalue weighted by atomic mass is 35.5. The van der Waals surface area contributed by atoms with Crippen molar-refractivity contribution in [3.63, 3.8) is 0 Å². The number of rotatable bonds is 1. The first-order valence-electron chi connectivity index (χ1n) is 4.86. The summed E-state index contributed by atoms with van der Waals surface area (Å²) >= 11 is 5.83. The van der Waals surface area contributed by atoms with Gasteiger partial charge in [-0.1, -0.05) is 18.2 Å². The minimum absolute atomic E-state index is 0.482. The molecule has 0 aromatic heterocycles. The van der Waals surface area contributed by atoms with E-state index in [1.54, 1.807) is 0 Å². The molecule has 0 unspecified atom stereocenters. The van der Waals surface area contributed by atoms with Gasteiger partial charge >= 0.3 is 6.09 Å². The molecule has 1 aliphatic rings. The standard InChI is InChI=1S/C11H12ClNO2/c12-6-8-2-1-3-9-7-13(11(14)15)5-4-10(8)9/h1-3H,4-7H2,(H,14,15). The Labute approximate surface area is 93.3 Å². The first-order valence-corrected chi connectivity index (χ1v) is 5.39. The number of hydrogen-bond donors (Lipinski definition) is 1. The Morgan fingerprint density at radius 1 is 1.53 bits per heavy atom. The van der Waals surface area contributed by atoms with E-state index in [1.807, 2.05) is 18.2 Å². The second kappa shape index (κ2) is 4.11. The summed E-state index contributed by atoms with van der Waals surface area (Å²) in [4.78, 5) is 12.2. The molecule has 1 amide bonds. The van der Waals surface area contributed by atoms with Gasteiger partial charge in [-0.25, -0.2) is 4.79 Å². The molecule has 0 spiro atoms. The first-order chi connectivity index (χ1) is 7.22. The van der Waals surface area contributed by atoms with Crippen LogP contribution in [0.5, 0.6) is 0 Å². The van der Waals surface area contributed by atoms with Gasteiger partial charge in [-0.15, -0.1) is 11.6 Å². The number of nitrogens with zero attached hydrogens (tertiary/aromatic N) is 1. The third-order valence-corrected chi connectivity index (χ3v) is 3.07. The molecule has 1 aromatic carbocycles. The quantitative estimate of drug-likeness (QED) is 0.746. The maximum Gasteiger partial charge on any atom is 0.407 e. The van der Waals surface area contributed by atoms with Crippen molar-refractivity contribution in [1.29, 1.82) is 0 Å². The van der Waals surface area contributed by atoms with E-state index >= 15 is 0 Å². The zero-order chi connectivity index (χ0) is 10.8. The van der Waals surface area contributed by atoms with Crippen molar-refractivity contribution < 1.29 is 9.90 Å².